The first kappa shape index (κ1) is 22.2. The lowest BCUT2D eigenvalue weighted by molar-refractivity contribution is 0.107. The van der Waals surface area contributed by atoms with Gasteiger partial charge in [-0.25, -0.2) is 0 Å². The van der Waals surface area contributed by atoms with Gasteiger partial charge in [-0.05, 0) is 55.6 Å². The molecular formula is C22H37O2P. The van der Waals surface area contributed by atoms with E-state index in [1.165, 1.54) is 0 Å². The molecular weight excluding hydrogens is 327 g/mol. The molecule has 0 radical (unpaired) electrons. The molecule has 0 aliphatic heterocycles. The van der Waals surface area contributed by atoms with Crippen LogP contribution in [0.5, 0.6) is 0 Å². The van der Waals surface area contributed by atoms with Gasteiger partial charge < -0.3 is 4.57 Å². The predicted molar refractivity (Wildman–Crippen MR) is 110 cm³/mol. The molecule has 1 aromatic carbocycles. The zero-order chi connectivity index (χ0) is 19.6. The minimum absolute atomic E-state index is 0.100. The Balaban J connectivity index is 3.26. The van der Waals surface area contributed by atoms with Gasteiger partial charge in [-0.1, -0.05) is 59.2 Å². The highest BCUT2D eigenvalue weighted by molar-refractivity contribution is 7.81. The Bertz CT molecular complexity index is 642. The second kappa shape index (κ2) is 8.21. The van der Waals surface area contributed by atoms with Gasteiger partial charge in [0.2, 0.25) is 5.52 Å². The van der Waals surface area contributed by atoms with E-state index in [1.807, 2.05) is 32.9 Å². The number of hydrogen-bond donors (Lipinski definition) is 0. The molecule has 0 bridgehead atoms. The molecule has 1 rings (SSSR count). The predicted octanol–water partition coefficient (Wildman–Crippen LogP) is 6.84. The van der Waals surface area contributed by atoms with Crippen molar-refractivity contribution in [3.63, 3.8) is 0 Å². The Morgan fingerprint density at radius 2 is 1.48 bits per heavy atom. The van der Waals surface area contributed by atoms with Gasteiger partial charge in [-0.2, -0.15) is 0 Å². The van der Waals surface area contributed by atoms with Crippen LogP contribution in [0.1, 0.15) is 75.0 Å². The number of benzene rings is 1. The Kier molecular flexibility index (Phi) is 7.28. The van der Waals surface area contributed by atoms with E-state index < -0.39 is 7.14 Å². The van der Waals surface area contributed by atoms with Crippen LogP contribution in [0.15, 0.2) is 12.1 Å². The van der Waals surface area contributed by atoms with Gasteiger partial charge in [0, 0.05) is 17.9 Å². The zero-order valence-electron chi connectivity index (χ0n) is 17.7. The summed E-state index contributed by atoms with van der Waals surface area (Å²) in [5, 5.41) is 0. The first-order valence-corrected chi connectivity index (χ1v) is 11.5. The number of carbonyl (C=O) groups is 1. The lowest BCUT2D eigenvalue weighted by Crippen LogP contribution is -2.20. The molecule has 0 saturated carbocycles. The Morgan fingerprint density at radius 1 is 1.00 bits per heavy atom. The normalized spacial score (nSPS) is 15.9. The van der Waals surface area contributed by atoms with Gasteiger partial charge in [0.1, 0.15) is 0 Å². The monoisotopic (exact) mass is 364 g/mol. The summed E-state index contributed by atoms with van der Waals surface area (Å²) >= 11 is 0. The van der Waals surface area contributed by atoms with E-state index in [-0.39, 0.29) is 22.8 Å². The van der Waals surface area contributed by atoms with Crippen molar-refractivity contribution < 1.29 is 9.36 Å². The van der Waals surface area contributed by atoms with E-state index in [0.717, 1.165) is 23.1 Å². The quantitative estimate of drug-likeness (QED) is 0.496. The Hall–Kier alpha value is -0.880. The van der Waals surface area contributed by atoms with Crippen molar-refractivity contribution in [3.8, 4) is 0 Å². The second-order valence-corrected chi connectivity index (χ2v) is 12.5. The van der Waals surface area contributed by atoms with E-state index in [1.54, 1.807) is 0 Å². The van der Waals surface area contributed by atoms with Crippen molar-refractivity contribution in [1.29, 1.82) is 0 Å². The average Bonchev–Trinajstić information content (AvgIpc) is 2.33. The molecule has 2 unspecified atom stereocenters. The molecule has 3 heteroatoms. The van der Waals surface area contributed by atoms with Gasteiger partial charge in [-0.3, -0.25) is 4.79 Å². The Morgan fingerprint density at radius 3 is 1.88 bits per heavy atom. The summed E-state index contributed by atoms with van der Waals surface area (Å²) in [5.41, 5.74) is 3.83. The summed E-state index contributed by atoms with van der Waals surface area (Å²) < 4.78 is 13.9. The molecule has 0 spiro atoms. The van der Waals surface area contributed by atoms with E-state index in [2.05, 4.69) is 41.5 Å². The van der Waals surface area contributed by atoms with Crippen LogP contribution in [0.3, 0.4) is 0 Å². The van der Waals surface area contributed by atoms with Crippen LogP contribution >= 0.6 is 7.14 Å². The van der Waals surface area contributed by atoms with Crippen LogP contribution in [0.2, 0.25) is 0 Å². The third-order valence-electron chi connectivity index (χ3n) is 4.49. The summed E-state index contributed by atoms with van der Waals surface area (Å²) in [5.74, 6) is 0.530. The fourth-order valence-corrected chi connectivity index (χ4v) is 7.72. The van der Waals surface area contributed by atoms with Gasteiger partial charge in [0.05, 0.1) is 0 Å². The summed E-state index contributed by atoms with van der Waals surface area (Å²) in [4.78, 5) is 13.4. The molecule has 25 heavy (non-hydrogen) atoms. The molecule has 0 heterocycles. The minimum atomic E-state index is -2.94. The Labute approximate surface area is 155 Å². The fourth-order valence-electron chi connectivity index (χ4n) is 4.16. The van der Waals surface area contributed by atoms with Crippen LogP contribution in [-0.4, -0.2) is 17.8 Å². The molecule has 0 amide bonds. The first-order valence-electron chi connectivity index (χ1n) is 9.46. The highest BCUT2D eigenvalue weighted by Gasteiger charge is 2.36. The largest absolute Gasteiger partial charge is 0.315 e. The fraction of sp³-hybridized carbons (Fsp3) is 0.682. The van der Waals surface area contributed by atoms with Gasteiger partial charge in [0.25, 0.3) is 0 Å². The van der Waals surface area contributed by atoms with Crippen molar-refractivity contribution in [3.05, 3.63) is 34.4 Å². The van der Waals surface area contributed by atoms with Gasteiger partial charge in [-0.15, -0.1) is 0 Å². The van der Waals surface area contributed by atoms with Crippen molar-refractivity contribution in [2.45, 2.75) is 68.7 Å². The average molecular weight is 365 g/mol. The van der Waals surface area contributed by atoms with Crippen LogP contribution in [0.25, 0.3) is 0 Å². The highest BCUT2D eigenvalue weighted by Crippen LogP contribution is 2.53. The maximum atomic E-state index is 13.9. The van der Waals surface area contributed by atoms with Crippen LogP contribution < -0.4 is 0 Å². The lowest BCUT2D eigenvalue weighted by Gasteiger charge is -2.28. The molecule has 0 fully saturated rings. The first-order chi connectivity index (χ1) is 11.2. The second-order valence-electron chi connectivity index (χ2n) is 9.60. The number of rotatable bonds is 7. The number of hydrogen-bond acceptors (Lipinski definition) is 2. The van der Waals surface area contributed by atoms with E-state index in [9.17, 15) is 9.36 Å². The molecule has 2 nitrogen and oxygen atoms in total. The summed E-state index contributed by atoms with van der Waals surface area (Å²) in [7, 11) is -2.94. The smallest absolute Gasteiger partial charge is 0.221 e. The van der Waals surface area contributed by atoms with Crippen molar-refractivity contribution in [2.75, 3.05) is 12.3 Å². The lowest BCUT2D eigenvalue weighted by atomic mass is 9.86. The third kappa shape index (κ3) is 6.41. The molecule has 0 aromatic heterocycles. The maximum Gasteiger partial charge on any atom is 0.221 e. The van der Waals surface area contributed by atoms with Crippen molar-refractivity contribution in [1.82, 2.24) is 0 Å². The molecule has 0 aliphatic rings. The standard InChI is InChI=1S/C22H37O2P/c1-15(2)13-25(24,14-17(4)12-22(7,8)9)21(23)20-18(5)10-16(3)11-19(20)6/h10-11,15,17H,12-14H2,1-9H3. The minimum Gasteiger partial charge on any atom is -0.315 e. The topological polar surface area (TPSA) is 34.1 Å². The summed E-state index contributed by atoms with van der Waals surface area (Å²) in [6.07, 6.45) is 2.01. The van der Waals surface area contributed by atoms with Crippen molar-refractivity contribution in [2.24, 2.45) is 17.3 Å². The van der Waals surface area contributed by atoms with Gasteiger partial charge in [0.15, 0.2) is 7.14 Å². The highest BCUT2D eigenvalue weighted by atomic mass is 31.2. The van der Waals surface area contributed by atoms with E-state index >= 15 is 0 Å². The number of carbonyl (C=O) groups excluding carboxylic acids is 1. The molecule has 0 aliphatic carbocycles. The SMILES string of the molecule is Cc1cc(C)c(C(=O)P(=O)(CC(C)C)CC(C)CC(C)(C)C)c(C)c1. The molecule has 0 N–H and O–H groups in total. The molecule has 1 aromatic rings. The third-order valence-corrected chi connectivity index (χ3v) is 7.99. The maximum absolute atomic E-state index is 13.9. The van der Waals surface area contributed by atoms with Gasteiger partial charge >= 0.3 is 0 Å². The molecule has 0 saturated heterocycles. The number of aryl methyl sites for hydroxylation is 3. The summed E-state index contributed by atoms with van der Waals surface area (Å²) in [6.45, 7) is 18.8. The molecule has 142 valence electrons. The summed E-state index contributed by atoms with van der Waals surface area (Å²) in [6, 6.07) is 4.05. The van der Waals surface area contributed by atoms with Crippen LogP contribution in [0.4, 0.5) is 0 Å². The van der Waals surface area contributed by atoms with E-state index in [0.29, 0.717) is 17.9 Å². The van der Waals surface area contributed by atoms with Crippen LogP contribution in [-0.2, 0) is 4.57 Å². The van der Waals surface area contributed by atoms with Crippen LogP contribution in [0, 0.1) is 38.0 Å². The van der Waals surface area contributed by atoms with E-state index in [4.69, 9.17) is 0 Å². The zero-order valence-corrected chi connectivity index (χ0v) is 18.6. The molecule has 2 atom stereocenters. The van der Waals surface area contributed by atoms with Crippen molar-refractivity contribution >= 4 is 12.7 Å².